The molecule has 3 aromatic rings. The lowest BCUT2D eigenvalue weighted by atomic mass is 9.85. The van der Waals surface area contributed by atoms with Gasteiger partial charge in [-0.25, -0.2) is 0 Å². The molecule has 2 heterocycles. The molecule has 0 atom stereocenters. The van der Waals surface area contributed by atoms with Crippen molar-refractivity contribution in [2.45, 2.75) is 31.7 Å². The number of hydrogen-bond donors (Lipinski definition) is 1. The third-order valence-corrected chi connectivity index (χ3v) is 4.01. The molecule has 24 heavy (non-hydrogen) atoms. The first-order valence-corrected chi connectivity index (χ1v) is 7.99. The van der Waals surface area contributed by atoms with E-state index >= 15 is 0 Å². The number of nitrogens with zero attached hydrogens (tertiary/aromatic N) is 4. The zero-order valence-corrected chi connectivity index (χ0v) is 13.1. The lowest BCUT2D eigenvalue weighted by Crippen LogP contribution is -2.09. The van der Waals surface area contributed by atoms with E-state index in [4.69, 9.17) is 9.26 Å². The van der Waals surface area contributed by atoms with Gasteiger partial charge in [-0.3, -0.25) is 0 Å². The quantitative estimate of drug-likeness (QED) is 0.742. The Kier molecular flexibility index (Phi) is 4.05. The van der Waals surface area contributed by atoms with Crippen molar-refractivity contribution in [3.05, 3.63) is 54.3 Å². The zero-order chi connectivity index (χ0) is 16.2. The highest BCUT2D eigenvalue weighted by atomic mass is 16.5. The van der Waals surface area contributed by atoms with Crippen LogP contribution in [0, 0.1) is 0 Å². The van der Waals surface area contributed by atoms with Crippen LogP contribution in [0.3, 0.4) is 0 Å². The number of nitrogens with one attached hydrogen (secondary N) is 1. The summed E-state index contributed by atoms with van der Waals surface area (Å²) in [6.07, 6.45) is 5.17. The largest absolute Gasteiger partial charge is 0.438 e. The van der Waals surface area contributed by atoms with E-state index in [2.05, 4.69) is 25.7 Å². The van der Waals surface area contributed by atoms with Gasteiger partial charge in [-0.1, -0.05) is 11.6 Å². The molecule has 0 amide bonds. The van der Waals surface area contributed by atoms with Crippen molar-refractivity contribution in [2.75, 3.05) is 5.32 Å². The van der Waals surface area contributed by atoms with E-state index in [1.54, 1.807) is 18.3 Å². The van der Waals surface area contributed by atoms with Crippen molar-refractivity contribution in [3.63, 3.8) is 0 Å². The molecule has 122 valence electrons. The molecule has 0 unspecified atom stereocenters. The van der Waals surface area contributed by atoms with Gasteiger partial charge in [0, 0.05) is 23.9 Å². The minimum absolute atomic E-state index is 0.462. The van der Waals surface area contributed by atoms with Crippen LogP contribution in [0.25, 0.3) is 0 Å². The third kappa shape index (κ3) is 3.34. The van der Waals surface area contributed by atoms with E-state index in [9.17, 15) is 0 Å². The van der Waals surface area contributed by atoms with Gasteiger partial charge in [0.25, 0.3) is 0 Å². The second-order valence-electron chi connectivity index (χ2n) is 5.72. The van der Waals surface area contributed by atoms with Gasteiger partial charge in [-0.2, -0.15) is 10.1 Å². The normalized spacial score (nSPS) is 14.2. The summed E-state index contributed by atoms with van der Waals surface area (Å²) >= 11 is 0. The molecule has 0 spiro atoms. The molecule has 1 aromatic carbocycles. The summed E-state index contributed by atoms with van der Waals surface area (Å²) in [7, 11) is 0. The molecule has 0 bridgehead atoms. The summed E-state index contributed by atoms with van der Waals surface area (Å²) in [5.41, 5.74) is 0.955. The Balaban J connectivity index is 1.32. The maximum atomic E-state index is 5.60. The fourth-order valence-corrected chi connectivity index (χ4v) is 2.44. The van der Waals surface area contributed by atoms with Crippen LogP contribution in [0.1, 0.15) is 36.9 Å². The van der Waals surface area contributed by atoms with Crippen molar-refractivity contribution >= 4 is 5.69 Å². The molecule has 1 aliphatic carbocycles. The second kappa shape index (κ2) is 6.66. The number of hydrogen-bond acceptors (Lipinski definition) is 7. The minimum Gasteiger partial charge on any atom is -0.438 e. The SMILES string of the molecule is c1cnnc(Oc2ccc(NCc3noc(C4CCC4)n3)cc2)c1. The summed E-state index contributed by atoms with van der Waals surface area (Å²) in [5, 5.41) is 15.0. The average Bonchev–Trinajstić information content (AvgIpc) is 3.02. The minimum atomic E-state index is 0.462. The van der Waals surface area contributed by atoms with Gasteiger partial charge in [0.05, 0.1) is 6.54 Å². The maximum Gasteiger partial charge on any atom is 0.238 e. The first-order chi connectivity index (χ1) is 11.9. The Morgan fingerprint density at radius 1 is 1.17 bits per heavy atom. The predicted octanol–water partition coefficient (Wildman–Crippen LogP) is 3.53. The van der Waals surface area contributed by atoms with E-state index in [0.29, 0.717) is 29.9 Å². The summed E-state index contributed by atoms with van der Waals surface area (Å²) < 4.78 is 10.9. The molecule has 0 saturated heterocycles. The highest BCUT2D eigenvalue weighted by Gasteiger charge is 2.25. The highest BCUT2D eigenvalue weighted by molar-refractivity contribution is 5.46. The summed E-state index contributed by atoms with van der Waals surface area (Å²) in [6.45, 7) is 0.528. The van der Waals surface area contributed by atoms with E-state index < -0.39 is 0 Å². The lowest BCUT2D eigenvalue weighted by molar-refractivity contribution is 0.291. The van der Waals surface area contributed by atoms with Gasteiger partial charge in [0.15, 0.2) is 5.82 Å². The van der Waals surface area contributed by atoms with Crippen LogP contribution in [0.15, 0.2) is 47.1 Å². The van der Waals surface area contributed by atoms with Crippen LogP contribution in [0.5, 0.6) is 11.6 Å². The van der Waals surface area contributed by atoms with Crippen LogP contribution < -0.4 is 10.1 Å². The molecule has 1 saturated carbocycles. The van der Waals surface area contributed by atoms with Crippen LogP contribution in [0.2, 0.25) is 0 Å². The molecule has 0 radical (unpaired) electrons. The lowest BCUT2D eigenvalue weighted by Gasteiger charge is -2.20. The molecule has 7 heteroatoms. The topological polar surface area (TPSA) is 86.0 Å². The van der Waals surface area contributed by atoms with Gasteiger partial charge >= 0.3 is 0 Å². The van der Waals surface area contributed by atoms with Crippen molar-refractivity contribution in [1.29, 1.82) is 0 Å². The summed E-state index contributed by atoms with van der Waals surface area (Å²) in [5.74, 6) is 3.08. The molecule has 1 fully saturated rings. The predicted molar refractivity (Wildman–Crippen MR) is 86.8 cm³/mol. The van der Waals surface area contributed by atoms with Crippen LogP contribution in [-0.2, 0) is 6.54 Å². The number of ether oxygens (including phenoxy) is 1. The van der Waals surface area contributed by atoms with E-state index in [0.717, 1.165) is 24.4 Å². The van der Waals surface area contributed by atoms with Crippen molar-refractivity contribution < 1.29 is 9.26 Å². The van der Waals surface area contributed by atoms with E-state index in [1.807, 2.05) is 24.3 Å². The van der Waals surface area contributed by atoms with Gasteiger partial charge in [0.2, 0.25) is 11.8 Å². The molecule has 1 N–H and O–H groups in total. The van der Waals surface area contributed by atoms with Crippen LogP contribution >= 0.6 is 0 Å². The number of benzene rings is 1. The Labute approximate surface area is 139 Å². The zero-order valence-electron chi connectivity index (χ0n) is 13.1. The maximum absolute atomic E-state index is 5.60. The smallest absolute Gasteiger partial charge is 0.238 e. The Hall–Kier alpha value is -2.96. The first-order valence-electron chi connectivity index (χ1n) is 7.99. The second-order valence-corrected chi connectivity index (χ2v) is 5.72. The molecule has 2 aromatic heterocycles. The number of rotatable bonds is 6. The molecular weight excluding hydrogens is 306 g/mol. The molecule has 4 rings (SSSR count). The molecule has 7 nitrogen and oxygen atoms in total. The van der Waals surface area contributed by atoms with Crippen LogP contribution in [-0.4, -0.2) is 20.3 Å². The van der Waals surface area contributed by atoms with Gasteiger partial charge in [-0.05, 0) is 43.2 Å². The van der Waals surface area contributed by atoms with Gasteiger partial charge < -0.3 is 14.6 Å². The Morgan fingerprint density at radius 3 is 2.75 bits per heavy atom. The molecular formula is C17H17N5O2. The summed E-state index contributed by atoms with van der Waals surface area (Å²) in [6, 6.07) is 11.1. The van der Waals surface area contributed by atoms with Crippen molar-refractivity contribution in [1.82, 2.24) is 20.3 Å². The monoisotopic (exact) mass is 323 g/mol. The third-order valence-electron chi connectivity index (χ3n) is 4.01. The fourth-order valence-electron chi connectivity index (χ4n) is 2.44. The van der Waals surface area contributed by atoms with E-state index in [1.165, 1.54) is 6.42 Å². The van der Waals surface area contributed by atoms with Crippen molar-refractivity contribution in [2.24, 2.45) is 0 Å². The number of aromatic nitrogens is 4. The average molecular weight is 323 g/mol. The molecule has 0 aliphatic heterocycles. The van der Waals surface area contributed by atoms with Crippen molar-refractivity contribution in [3.8, 4) is 11.6 Å². The molecule has 1 aliphatic rings. The van der Waals surface area contributed by atoms with Gasteiger partial charge in [0.1, 0.15) is 5.75 Å². The highest BCUT2D eigenvalue weighted by Crippen LogP contribution is 2.35. The Morgan fingerprint density at radius 2 is 2.04 bits per heavy atom. The summed E-state index contributed by atoms with van der Waals surface area (Å²) in [4.78, 5) is 4.44. The van der Waals surface area contributed by atoms with E-state index in [-0.39, 0.29) is 0 Å². The first kappa shape index (κ1) is 14.6. The Bertz CT molecular complexity index is 784. The standard InChI is InChI=1S/C17H17N5O2/c1-3-12(4-1)17-20-15(22-24-17)11-18-13-6-8-14(9-7-13)23-16-5-2-10-19-21-16/h2,5-10,12,18H,1,3-4,11H2. The van der Waals surface area contributed by atoms with Gasteiger partial charge in [-0.15, -0.1) is 5.10 Å². The van der Waals surface area contributed by atoms with Crippen LogP contribution in [0.4, 0.5) is 5.69 Å². The fraction of sp³-hybridized carbons (Fsp3) is 0.294. The number of anilines is 1.